The topological polar surface area (TPSA) is 113 Å². The molecule has 9 nitrogen and oxygen atoms in total. The summed E-state index contributed by atoms with van der Waals surface area (Å²) in [5, 5.41) is 7.86. The van der Waals surface area contributed by atoms with E-state index in [-0.39, 0.29) is 42.5 Å². The number of rotatable bonds is 33. The van der Waals surface area contributed by atoms with Crippen LogP contribution in [0.2, 0.25) is 0 Å². The maximum absolute atomic E-state index is 13.0. The van der Waals surface area contributed by atoms with Crippen molar-refractivity contribution < 1.29 is 28.5 Å². The van der Waals surface area contributed by atoms with Crippen LogP contribution in [0.25, 0.3) is 0 Å². The van der Waals surface area contributed by atoms with Gasteiger partial charge in [-0.25, -0.2) is 0 Å². The first-order valence-electron chi connectivity index (χ1n) is 22.1. The monoisotopic (exact) mass is 790 g/mol. The van der Waals surface area contributed by atoms with Gasteiger partial charge in [0.05, 0.1) is 0 Å². The number of hydrogen-bond donors (Lipinski definition) is 1. The van der Waals surface area contributed by atoms with E-state index in [0.29, 0.717) is 12.8 Å². The van der Waals surface area contributed by atoms with E-state index in [9.17, 15) is 9.59 Å². The molecule has 1 saturated heterocycles. The van der Waals surface area contributed by atoms with Gasteiger partial charge in [0.15, 0.2) is 23.9 Å². The summed E-state index contributed by atoms with van der Waals surface area (Å²) in [7, 11) is 0. The van der Waals surface area contributed by atoms with Gasteiger partial charge in [0.2, 0.25) is 0 Å². The van der Waals surface area contributed by atoms with Crippen LogP contribution in [0.4, 0.5) is 0 Å². The van der Waals surface area contributed by atoms with E-state index >= 15 is 0 Å². The molecule has 0 bridgehead atoms. The maximum atomic E-state index is 13.0. The number of ether oxygens (including phenoxy) is 4. The Balaban J connectivity index is 0.0000105. The smallest absolute Gasteiger partial charge is 0.306 e. The maximum Gasteiger partial charge on any atom is 0.306 e. The van der Waals surface area contributed by atoms with Crippen LogP contribution in [-0.4, -0.2) is 46.4 Å². The molecule has 0 amide bonds. The number of esters is 2. The van der Waals surface area contributed by atoms with Crippen LogP contribution >= 0.6 is 12.4 Å². The highest BCUT2D eigenvalue weighted by Gasteiger charge is 2.54. The lowest BCUT2D eigenvalue weighted by Gasteiger charge is -2.22. The Morgan fingerprint density at radius 1 is 0.691 bits per heavy atom. The lowest BCUT2D eigenvalue weighted by Crippen LogP contribution is -2.40. The Morgan fingerprint density at radius 3 is 1.65 bits per heavy atom. The van der Waals surface area contributed by atoms with Crippen LogP contribution in [0.1, 0.15) is 200 Å². The Bertz CT molecular complexity index is 1270. The molecule has 0 aromatic carbocycles. The molecular weight excluding hydrogens is 714 g/mol. The number of carbonyl (C=O) groups is 2. The molecule has 55 heavy (non-hydrogen) atoms. The van der Waals surface area contributed by atoms with Crippen LogP contribution in [0.5, 0.6) is 6.01 Å². The second-order valence-electron chi connectivity index (χ2n) is 15.5. The predicted molar refractivity (Wildman–Crippen MR) is 223 cm³/mol. The Labute approximate surface area is 339 Å². The summed E-state index contributed by atoms with van der Waals surface area (Å²) in [5.74, 6) is -0.564. The van der Waals surface area contributed by atoms with Crippen molar-refractivity contribution in [2.45, 2.75) is 218 Å². The van der Waals surface area contributed by atoms with Crippen molar-refractivity contribution in [3.05, 3.63) is 42.1 Å². The molecule has 3 rings (SSSR count). The number of unbranched alkanes of at least 4 members (excludes halogenated alkanes) is 22. The molecule has 2 aliphatic rings. The van der Waals surface area contributed by atoms with Crippen molar-refractivity contribution in [1.82, 2.24) is 9.55 Å². The summed E-state index contributed by atoms with van der Waals surface area (Å²) >= 11 is 0. The number of aromatic nitrogens is 2. The lowest BCUT2D eigenvalue weighted by atomic mass is 10.1. The number of hydrogen-bond acceptors (Lipinski definition) is 8. The van der Waals surface area contributed by atoms with Crippen LogP contribution in [0, 0.1) is 5.41 Å². The molecule has 2 aliphatic heterocycles. The molecule has 1 aromatic rings. The zero-order chi connectivity index (χ0) is 38.5. The molecule has 1 fully saturated rings. The zero-order valence-corrected chi connectivity index (χ0v) is 35.3. The second-order valence-corrected chi connectivity index (χ2v) is 15.5. The van der Waals surface area contributed by atoms with Gasteiger partial charge in [0.25, 0.3) is 0 Å². The highest BCUT2D eigenvalue weighted by molar-refractivity contribution is 5.85. The summed E-state index contributed by atoms with van der Waals surface area (Å²) in [4.78, 5) is 29.8. The Hall–Kier alpha value is -2.65. The number of allylic oxidation sites excluding steroid dienone is 4. The lowest BCUT2D eigenvalue weighted by molar-refractivity contribution is -0.160. The summed E-state index contributed by atoms with van der Waals surface area (Å²) in [6.07, 6.45) is 40.4. The molecule has 0 saturated carbocycles. The van der Waals surface area contributed by atoms with Crippen molar-refractivity contribution in [3.63, 3.8) is 0 Å². The van der Waals surface area contributed by atoms with Crippen molar-refractivity contribution in [2.24, 2.45) is 0 Å². The minimum atomic E-state index is -0.742. The largest absolute Gasteiger partial charge is 0.463 e. The van der Waals surface area contributed by atoms with E-state index in [2.05, 4.69) is 43.1 Å². The number of fused-ring (bicyclic) bond motifs is 3. The van der Waals surface area contributed by atoms with Crippen molar-refractivity contribution in [1.29, 1.82) is 5.41 Å². The van der Waals surface area contributed by atoms with E-state index < -0.39 is 24.5 Å². The van der Waals surface area contributed by atoms with E-state index in [1.807, 2.05) is 0 Å². The van der Waals surface area contributed by atoms with Crippen molar-refractivity contribution in [2.75, 3.05) is 6.61 Å². The molecule has 1 aromatic heterocycles. The number of nitrogens with one attached hydrogen (secondary N) is 1. The number of nitrogens with zero attached hydrogens (tertiary/aromatic N) is 2. The summed E-state index contributed by atoms with van der Waals surface area (Å²) < 4.78 is 25.6. The van der Waals surface area contributed by atoms with E-state index in [1.165, 1.54) is 109 Å². The first kappa shape index (κ1) is 48.5. The molecule has 0 spiro atoms. The fourth-order valence-corrected chi connectivity index (χ4v) is 7.29. The van der Waals surface area contributed by atoms with Crippen LogP contribution in [-0.2, 0) is 23.8 Å². The van der Waals surface area contributed by atoms with Gasteiger partial charge in [-0.1, -0.05) is 141 Å². The SMILES string of the molecule is CCCCCCCC/C=C/CCCCCCCC(=O)OC[C@H]1O[C@@H]2[C@@H](Oc3nc(=N)ccn32)[C@@H]1OC(=O)CCCCCCC/C=C/CCCCCCCC.Cl. The molecule has 3 heterocycles. The summed E-state index contributed by atoms with van der Waals surface area (Å²) in [6, 6.07) is 1.82. The molecule has 10 heteroatoms. The standard InChI is InChI=1S/C45H75N3O6.ClH/c1-3-5-7-9-11-13-15-17-19-21-23-25-27-29-31-33-40(49)51-37-38-42(43-44(52-38)48-36-35-39(46)47-45(48)54-43)53-41(50)34-32-30-28-26-24-22-20-18-16-14-12-10-8-6-4-2;/h17-20,35-36,38,42-44,46H,3-16,21-34,37H2,1-2H3;1H/b19-17+,20-18+,46-39?;/t38-,42-,43+,44-;/m1./s1. The van der Waals surface area contributed by atoms with E-state index in [4.69, 9.17) is 24.4 Å². The highest BCUT2D eigenvalue weighted by atomic mass is 35.5. The van der Waals surface area contributed by atoms with Crippen LogP contribution in [0.3, 0.4) is 0 Å². The van der Waals surface area contributed by atoms with Crippen molar-refractivity contribution >= 4 is 24.3 Å². The van der Waals surface area contributed by atoms with Gasteiger partial charge in [-0.3, -0.25) is 19.6 Å². The molecule has 0 radical (unpaired) electrons. The molecule has 1 N–H and O–H groups in total. The molecule has 314 valence electrons. The van der Waals surface area contributed by atoms with Gasteiger partial charge in [0.1, 0.15) is 12.7 Å². The van der Waals surface area contributed by atoms with Crippen molar-refractivity contribution in [3.8, 4) is 6.01 Å². The fraction of sp³-hybridized carbons (Fsp3) is 0.778. The minimum Gasteiger partial charge on any atom is -0.463 e. The quantitative estimate of drug-likeness (QED) is 0.0428. The van der Waals surface area contributed by atoms with Gasteiger partial charge in [0, 0.05) is 19.0 Å². The Morgan fingerprint density at radius 2 is 1.15 bits per heavy atom. The minimum absolute atomic E-state index is 0. The Kier molecular flexibility index (Phi) is 27.7. The second kappa shape index (κ2) is 31.4. The van der Waals surface area contributed by atoms with E-state index in [1.54, 1.807) is 16.8 Å². The predicted octanol–water partition coefficient (Wildman–Crippen LogP) is 12.0. The van der Waals surface area contributed by atoms with Crippen LogP contribution in [0.15, 0.2) is 36.6 Å². The first-order chi connectivity index (χ1) is 26.5. The van der Waals surface area contributed by atoms with Gasteiger partial charge in [-0.2, -0.15) is 4.98 Å². The summed E-state index contributed by atoms with van der Waals surface area (Å²) in [6.45, 7) is 4.51. The average molecular weight is 791 g/mol. The third-order valence-electron chi connectivity index (χ3n) is 10.6. The van der Waals surface area contributed by atoms with Crippen LogP contribution < -0.4 is 10.2 Å². The fourth-order valence-electron chi connectivity index (χ4n) is 7.29. The third-order valence-corrected chi connectivity index (χ3v) is 10.6. The number of halogens is 1. The summed E-state index contributed by atoms with van der Waals surface area (Å²) in [5.41, 5.74) is 0.0834. The molecule has 4 atom stereocenters. The number of carbonyl (C=O) groups excluding carboxylic acids is 2. The van der Waals surface area contributed by atoms with Gasteiger partial charge >= 0.3 is 17.9 Å². The third kappa shape index (κ3) is 20.9. The zero-order valence-electron chi connectivity index (χ0n) is 34.5. The molecule has 0 unspecified atom stereocenters. The van der Waals surface area contributed by atoms with Gasteiger partial charge in [-0.15, -0.1) is 12.4 Å². The van der Waals surface area contributed by atoms with Gasteiger partial charge in [-0.05, 0) is 70.3 Å². The normalized spacial score (nSPS) is 18.7. The molecular formula is C45H76ClN3O6. The molecule has 0 aliphatic carbocycles. The first-order valence-corrected chi connectivity index (χ1v) is 22.1. The average Bonchev–Trinajstić information content (AvgIpc) is 3.68. The van der Waals surface area contributed by atoms with E-state index in [0.717, 1.165) is 57.8 Å². The van der Waals surface area contributed by atoms with Gasteiger partial charge < -0.3 is 18.9 Å². The highest BCUT2D eigenvalue weighted by Crippen LogP contribution is 2.40.